The summed E-state index contributed by atoms with van der Waals surface area (Å²) >= 11 is 1.53. The van der Waals surface area contributed by atoms with Gasteiger partial charge in [0.25, 0.3) is 5.91 Å². The van der Waals surface area contributed by atoms with Crippen LogP contribution in [0.2, 0.25) is 0 Å². The maximum atomic E-state index is 13.5. The van der Waals surface area contributed by atoms with Gasteiger partial charge in [-0.15, -0.1) is 11.3 Å². The maximum absolute atomic E-state index is 13.5. The van der Waals surface area contributed by atoms with Gasteiger partial charge in [0.2, 0.25) is 5.91 Å². The van der Waals surface area contributed by atoms with Gasteiger partial charge in [-0.25, -0.2) is 4.79 Å². The number of nitrogens with one attached hydrogen (secondary N) is 2. The van der Waals surface area contributed by atoms with Crippen LogP contribution in [0.4, 0.5) is 4.79 Å². The highest BCUT2D eigenvalue weighted by atomic mass is 32.1. The van der Waals surface area contributed by atoms with Gasteiger partial charge < -0.3 is 10.6 Å². The molecule has 0 unspecified atom stereocenters. The maximum Gasteiger partial charge on any atom is 0.325 e. The molecule has 2 heterocycles. The Bertz CT molecular complexity index is 1040. The predicted octanol–water partition coefficient (Wildman–Crippen LogP) is 3.05. The van der Waals surface area contributed by atoms with Gasteiger partial charge in [-0.3, -0.25) is 14.5 Å². The molecule has 6 nitrogen and oxygen atoms in total. The van der Waals surface area contributed by atoms with Gasteiger partial charge in [0.05, 0.1) is 6.54 Å². The van der Waals surface area contributed by atoms with E-state index in [1.54, 1.807) is 0 Å². The summed E-state index contributed by atoms with van der Waals surface area (Å²) < 4.78 is 0. The molecule has 0 bridgehead atoms. The zero-order valence-electron chi connectivity index (χ0n) is 16.2. The molecule has 0 spiro atoms. The number of hydrogen-bond donors (Lipinski definition) is 2. The van der Waals surface area contributed by atoms with E-state index < -0.39 is 17.5 Å². The summed E-state index contributed by atoms with van der Waals surface area (Å²) in [6.45, 7) is 0.0490. The Kier molecular flexibility index (Phi) is 5.63. The normalized spacial score (nSPS) is 18.3. The summed E-state index contributed by atoms with van der Waals surface area (Å²) in [6, 6.07) is 21.9. The molecule has 1 atom stereocenters. The second-order valence-corrected chi connectivity index (χ2v) is 8.14. The first-order valence-electron chi connectivity index (χ1n) is 9.61. The average Bonchev–Trinajstić information content (AvgIpc) is 3.37. The third kappa shape index (κ3) is 3.97. The van der Waals surface area contributed by atoms with E-state index in [9.17, 15) is 14.4 Å². The number of urea groups is 1. The van der Waals surface area contributed by atoms with Crippen molar-refractivity contribution in [1.29, 1.82) is 0 Å². The highest BCUT2D eigenvalue weighted by molar-refractivity contribution is 7.09. The second-order valence-electron chi connectivity index (χ2n) is 7.11. The minimum Gasteiger partial charge on any atom is -0.350 e. The quantitative estimate of drug-likeness (QED) is 0.578. The fourth-order valence-electron chi connectivity index (χ4n) is 3.61. The molecule has 1 saturated heterocycles. The Morgan fingerprint density at radius 1 is 0.967 bits per heavy atom. The lowest BCUT2D eigenvalue weighted by atomic mass is 9.83. The zero-order chi connectivity index (χ0) is 21.0. The molecule has 30 heavy (non-hydrogen) atoms. The second kappa shape index (κ2) is 8.51. The molecular formula is C23H21N3O3S. The van der Waals surface area contributed by atoms with Crippen LogP contribution in [0.1, 0.15) is 16.0 Å². The first-order chi connectivity index (χ1) is 14.6. The van der Waals surface area contributed by atoms with Crippen LogP contribution in [0.3, 0.4) is 0 Å². The van der Waals surface area contributed by atoms with Crippen LogP contribution < -0.4 is 10.6 Å². The van der Waals surface area contributed by atoms with Gasteiger partial charge in [0, 0.05) is 11.3 Å². The number of amides is 4. The fourth-order valence-corrected chi connectivity index (χ4v) is 4.25. The Hall–Kier alpha value is -3.45. The zero-order valence-corrected chi connectivity index (χ0v) is 17.0. The fraction of sp³-hybridized carbons (Fsp3) is 0.174. The van der Waals surface area contributed by atoms with E-state index in [1.165, 1.54) is 11.3 Å². The highest BCUT2D eigenvalue weighted by Crippen LogP contribution is 2.32. The monoisotopic (exact) mass is 419 g/mol. The number of benzene rings is 2. The third-order valence-corrected chi connectivity index (χ3v) is 5.97. The van der Waals surface area contributed by atoms with E-state index in [1.807, 2.05) is 78.2 Å². The smallest absolute Gasteiger partial charge is 0.325 e. The Balaban J connectivity index is 1.56. The Morgan fingerprint density at radius 2 is 1.67 bits per heavy atom. The van der Waals surface area contributed by atoms with Crippen LogP contribution >= 0.6 is 11.3 Å². The summed E-state index contributed by atoms with van der Waals surface area (Å²) in [7, 11) is 0. The van der Waals surface area contributed by atoms with Crippen molar-refractivity contribution in [2.75, 3.05) is 6.54 Å². The number of carbonyl (C=O) groups is 3. The Labute approximate surface area is 178 Å². The lowest BCUT2D eigenvalue weighted by molar-refractivity contribution is -0.135. The van der Waals surface area contributed by atoms with Gasteiger partial charge in [-0.2, -0.15) is 0 Å². The predicted molar refractivity (Wildman–Crippen MR) is 115 cm³/mol. The number of rotatable bonds is 7. The molecule has 1 aliphatic heterocycles. The molecule has 3 aromatic rings. The van der Waals surface area contributed by atoms with Crippen molar-refractivity contribution >= 4 is 29.2 Å². The van der Waals surface area contributed by atoms with Crippen LogP contribution in [0.15, 0.2) is 78.2 Å². The minimum absolute atomic E-state index is 0.301. The molecule has 2 aromatic carbocycles. The molecular weight excluding hydrogens is 398 g/mol. The van der Waals surface area contributed by atoms with Gasteiger partial charge in [0.15, 0.2) is 5.54 Å². The topological polar surface area (TPSA) is 78.5 Å². The molecule has 2 N–H and O–H groups in total. The van der Waals surface area contributed by atoms with Crippen molar-refractivity contribution < 1.29 is 14.4 Å². The van der Waals surface area contributed by atoms with Crippen molar-refractivity contribution in [3.63, 3.8) is 0 Å². The van der Waals surface area contributed by atoms with Gasteiger partial charge in [-0.1, -0.05) is 66.7 Å². The van der Waals surface area contributed by atoms with Crippen LogP contribution in [-0.4, -0.2) is 29.3 Å². The molecule has 1 fully saturated rings. The lowest BCUT2D eigenvalue weighted by Gasteiger charge is -2.27. The molecule has 4 rings (SSSR count). The van der Waals surface area contributed by atoms with Crippen molar-refractivity contribution in [3.05, 3.63) is 94.2 Å². The number of imide groups is 1. The van der Waals surface area contributed by atoms with Gasteiger partial charge >= 0.3 is 6.03 Å². The van der Waals surface area contributed by atoms with Crippen LogP contribution in [0, 0.1) is 0 Å². The summed E-state index contributed by atoms with van der Waals surface area (Å²) in [5, 5.41) is 7.56. The first kappa shape index (κ1) is 19.8. The first-order valence-corrected chi connectivity index (χ1v) is 10.5. The highest BCUT2D eigenvalue weighted by Gasteiger charge is 2.52. The van der Waals surface area contributed by atoms with Gasteiger partial charge in [-0.05, 0) is 22.6 Å². The Morgan fingerprint density at radius 3 is 2.33 bits per heavy atom. The summed E-state index contributed by atoms with van der Waals surface area (Å²) in [5.74, 6) is -0.802. The van der Waals surface area contributed by atoms with Crippen molar-refractivity contribution in [2.24, 2.45) is 0 Å². The number of nitrogens with zero attached hydrogens (tertiary/aromatic N) is 1. The molecule has 7 heteroatoms. The number of carbonyl (C=O) groups excluding carboxylic acids is 3. The van der Waals surface area contributed by atoms with E-state index in [2.05, 4.69) is 10.6 Å². The molecule has 0 saturated carbocycles. The average molecular weight is 420 g/mol. The van der Waals surface area contributed by atoms with Crippen LogP contribution in [-0.2, 0) is 28.1 Å². The lowest BCUT2D eigenvalue weighted by Crippen LogP contribution is -2.46. The molecule has 1 aliphatic rings. The van der Waals surface area contributed by atoms with Crippen molar-refractivity contribution in [3.8, 4) is 0 Å². The summed E-state index contributed by atoms with van der Waals surface area (Å²) in [5.41, 5.74) is 0.362. The molecule has 152 valence electrons. The SMILES string of the molecule is O=C(CN1C(=O)N[C@](Cc2ccccc2)(c2ccccc2)C1=O)NCc1cccs1. The largest absolute Gasteiger partial charge is 0.350 e. The van der Waals surface area contributed by atoms with Crippen LogP contribution in [0.5, 0.6) is 0 Å². The van der Waals surface area contributed by atoms with E-state index in [0.717, 1.165) is 15.3 Å². The van der Waals surface area contributed by atoms with Crippen LogP contribution in [0.25, 0.3) is 0 Å². The van der Waals surface area contributed by atoms with E-state index in [4.69, 9.17) is 0 Å². The molecule has 4 amide bonds. The van der Waals surface area contributed by atoms with E-state index in [0.29, 0.717) is 18.5 Å². The molecule has 0 radical (unpaired) electrons. The van der Waals surface area contributed by atoms with E-state index in [-0.39, 0.29) is 12.5 Å². The van der Waals surface area contributed by atoms with Crippen molar-refractivity contribution in [1.82, 2.24) is 15.5 Å². The van der Waals surface area contributed by atoms with Gasteiger partial charge in [0.1, 0.15) is 6.54 Å². The third-order valence-electron chi connectivity index (χ3n) is 5.10. The van der Waals surface area contributed by atoms with Crippen molar-refractivity contribution in [2.45, 2.75) is 18.5 Å². The standard InChI is InChI=1S/C23H21N3O3S/c27-20(24-15-19-12-7-13-30-19)16-26-21(28)23(25-22(26)29,18-10-5-2-6-11-18)14-17-8-3-1-4-9-17/h1-13H,14-16H2,(H,24,27)(H,25,29)/t23-/m1/s1. The summed E-state index contributed by atoms with van der Waals surface area (Å²) in [6.07, 6.45) is 0.301. The minimum atomic E-state index is -1.24. The number of hydrogen-bond acceptors (Lipinski definition) is 4. The summed E-state index contributed by atoms with van der Waals surface area (Å²) in [4.78, 5) is 40.6. The molecule has 1 aromatic heterocycles. The molecule has 0 aliphatic carbocycles. The number of thiophene rings is 1. The van der Waals surface area contributed by atoms with E-state index >= 15 is 0 Å².